The summed E-state index contributed by atoms with van der Waals surface area (Å²) in [6, 6.07) is 6.79. The predicted octanol–water partition coefficient (Wildman–Crippen LogP) is 3.60. The van der Waals surface area contributed by atoms with Crippen LogP contribution in [0.25, 0.3) is 11.3 Å². The zero-order chi connectivity index (χ0) is 19.1. The van der Waals surface area contributed by atoms with Crippen LogP contribution in [0.2, 0.25) is 0 Å². The van der Waals surface area contributed by atoms with Crippen molar-refractivity contribution >= 4 is 11.9 Å². The minimum atomic E-state index is -0.928. The van der Waals surface area contributed by atoms with E-state index in [0.29, 0.717) is 5.95 Å². The van der Waals surface area contributed by atoms with Crippen LogP contribution < -0.4 is 5.32 Å². The monoisotopic (exact) mass is 356 g/mol. The van der Waals surface area contributed by atoms with Crippen LogP contribution in [-0.2, 0) is 0 Å². The number of aromatic carboxylic acids is 1. The summed E-state index contributed by atoms with van der Waals surface area (Å²) >= 11 is 0. The van der Waals surface area contributed by atoms with E-state index in [1.54, 1.807) is 24.3 Å². The van der Waals surface area contributed by atoms with Gasteiger partial charge in [0.2, 0.25) is 5.95 Å². The summed E-state index contributed by atoms with van der Waals surface area (Å²) < 4.78 is 0. The van der Waals surface area contributed by atoms with E-state index in [0.717, 1.165) is 55.1 Å². The van der Waals surface area contributed by atoms with E-state index in [2.05, 4.69) is 34.0 Å². The number of benzene rings is 1. The maximum absolute atomic E-state index is 11.0. The van der Waals surface area contributed by atoms with E-state index in [-0.39, 0.29) is 5.56 Å². The van der Waals surface area contributed by atoms with Gasteiger partial charge in [0, 0.05) is 17.8 Å². The van der Waals surface area contributed by atoms with Gasteiger partial charge in [-0.25, -0.2) is 14.8 Å². The second kappa shape index (κ2) is 9.29. The molecule has 0 unspecified atom stereocenters. The average Bonchev–Trinajstić information content (AvgIpc) is 2.64. The van der Waals surface area contributed by atoms with E-state index in [1.807, 2.05) is 13.8 Å². The maximum atomic E-state index is 11.0. The second-order valence-corrected chi connectivity index (χ2v) is 6.30. The van der Waals surface area contributed by atoms with Crippen molar-refractivity contribution in [2.24, 2.45) is 0 Å². The van der Waals surface area contributed by atoms with Gasteiger partial charge in [-0.15, -0.1) is 0 Å². The van der Waals surface area contributed by atoms with Crippen molar-refractivity contribution in [3.8, 4) is 11.3 Å². The number of aryl methyl sites for hydroxylation is 1. The highest BCUT2D eigenvalue weighted by molar-refractivity contribution is 5.88. The van der Waals surface area contributed by atoms with Gasteiger partial charge in [0.15, 0.2) is 0 Å². The fourth-order valence-electron chi connectivity index (χ4n) is 2.80. The highest BCUT2D eigenvalue weighted by Gasteiger charge is 2.11. The quantitative estimate of drug-likeness (QED) is 0.669. The average molecular weight is 356 g/mol. The van der Waals surface area contributed by atoms with Gasteiger partial charge in [-0.3, -0.25) is 0 Å². The molecule has 0 fully saturated rings. The Morgan fingerprint density at radius 2 is 1.77 bits per heavy atom. The summed E-state index contributed by atoms with van der Waals surface area (Å²) in [4.78, 5) is 22.6. The molecule has 2 aromatic rings. The lowest BCUT2D eigenvalue weighted by atomic mass is 10.0. The molecular weight excluding hydrogens is 328 g/mol. The number of hydrogen-bond donors (Lipinski definition) is 2. The van der Waals surface area contributed by atoms with Crippen molar-refractivity contribution in [3.05, 3.63) is 41.1 Å². The smallest absolute Gasteiger partial charge is 0.335 e. The summed E-state index contributed by atoms with van der Waals surface area (Å²) in [5.41, 5.74) is 3.92. The van der Waals surface area contributed by atoms with E-state index in [4.69, 9.17) is 5.11 Å². The van der Waals surface area contributed by atoms with Crippen LogP contribution in [0.1, 0.15) is 41.9 Å². The molecule has 2 rings (SSSR count). The van der Waals surface area contributed by atoms with Gasteiger partial charge in [-0.05, 0) is 57.6 Å². The molecule has 2 N–H and O–H groups in total. The highest BCUT2D eigenvalue weighted by atomic mass is 16.4. The molecule has 0 bridgehead atoms. The summed E-state index contributed by atoms with van der Waals surface area (Å²) in [6.45, 7) is 12.3. The fourth-order valence-corrected chi connectivity index (χ4v) is 2.80. The summed E-state index contributed by atoms with van der Waals surface area (Å²) in [6.07, 6.45) is 1.03. The Labute approximate surface area is 155 Å². The molecule has 1 aromatic carbocycles. The third-order valence-corrected chi connectivity index (χ3v) is 4.62. The van der Waals surface area contributed by atoms with Crippen LogP contribution >= 0.6 is 0 Å². The maximum Gasteiger partial charge on any atom is 0.335 e. The number of carboxylic acid groups (broad SMARTS) is 1. The number of hydrogen-bond acceptors (Lipinski definition) is 5. The minimum absolute atomic E-state index is 0.270. The van der Waals surface area contributed by atoms with Gasteiger partial charge in [0.1, 0.15) is 0 Å². The molecule has 1 aromatic heterocycles. The van der Waals surface area contributed by atoms with Gasteiger partial charge in [-0.2, -0.15) is 0 Å². The molecule has 0 aliphatic rings. The van der Waals surface area contributed by atoms with Gasteiger partial charge in [-0.1, -0.05) is 26.0 Å². The standard InChI is InChI=1S/C20H28N4O2/c1-5-24(6-2)13-7-12-21-20-22-15(4)14(3)18(23-20)16-8-10-17(11-9-16)19(25)26/h8-11H,5-7,12-13H2,1-4H3,(H,25,26)(H,21,22,23). The molecule has 0 aliphatic carbocycles. The largest absolute Gasteiger partial charge is 0.478 e. The first-order valence-corrected chi connectivity index (χ1v) is 9.11. The highest BCUT2D eigenvalue weighted by Crippen LogP contribution is 2.24. The topological polar surface area (TPSA) is 78.4 Å². The number of anilines is 1. The van der Waals surface area contributed by atoms with Crippen LogP contribution in [0.4, 0.5) is 5.95 Å². The van der Waals surface area contributed by atoms with Crippen molar-refractivity contribution in [2.75, 3.05) is 31.5 Å². The summed E-state index contributed by atoms with van der Waals surface area (Å²) in [5, 5.41) is 12.4. The molecule has 0 radical (unpaired) electrons. The SMILES string of the molecule is CCN(CC)CCCNc1nc(C)c(C)c(-c2ccc(C(=O)O)cc2)n1. The Kier molecular flexibility index (Phi) is 7.09. The zero-order valence-corrected chi connectivity index (χ0v) is 16.0. The van der Waals surface area contributed by atoms with Crippen molar-refractivity contribution in [1.29, 1.82) is 0 Å². The molecule has 1 heterocycles. The lowest BCUT2D eigenvalue weighted by Crippen LogP contribution is -2.25. The van der Waals surface area contributed by atoms with Crippen LogP contribution in [0, 0.1) is 13.8 Å². The van der Waals surface area contributed by atoms with Crippen LogP contribution in [0.15, 0.2) is 24.3 Å². The summed E-state index contributed by atoms with van der Waals surface area (Å²) in [5.74, 6) is -0.312. The number of carbonyl (C=O) groups is 1. The van der Waals surface area contributed by atoms with Crippen molar-refractivity contribution in [2.45, 2.75) is 34.1 Å². The molecule has 0 saturated heterocycles. The summed E-state index contributed by atoms with van der Waals surface area (Å²) in [7, 11) is 0. The molecular formula is C20H28N4O2. The van der Waals surface area contributed by atoms with E-state index >= 15 is 0 Å². The molecule has 140 valence electrons. The van der Waals surface area contributed by atoms with Crippen molar-refractivity contribution in [3.63, 3.8) is 0 Å². The molecule has 6 nitrogen and oxygen atoms in total. The molecule has 0 saturated carbocycles. The number of nitrogens with one attached hydrogen (secondary N) is 1. The van der Waals surface area contributed by atoms with Crippen LogP contribution in [0.3, 0.4) is 0 Å². The molecule has 0 aliphatic heterocycles. The van der Waals surface area contributed by atoms with Gasteiger partial charge < -0.3 is 15.3 Å². The van der Waals surface area contributed by atoms with Gasteiger partial charge >= 0.3 is 5.97 Å². The lowest BCUT2D eigenvalue weighted by molar-refractivity contribution is 0.0697. The van der Waals surface area contributed by atoms with E-state index < -0.39 is 5.97 Å². The predicted molar refractivity (Wildman–Crippen MR) is 105 cm³/mol. The molecule has 0 amide bonds. The van der Waals surface area contributed by atoms with Crippen molar-refractivity contribution in [1.82, 2.24) is 14.9 Å². The molecule has 6 heteroatoms. The van der Waals surface area contributed by atoms with Gasteiger partial charge in [0.05, 0.1) is 11.3 Å². The first-order valence-electron chi connectivity index (χ1n) is 9.11. The van der Waals surface area contributed by atoms with Gasteiger partial charge in [0.25, 0.3) is 0 Å². The number of aromatic nitrogens is 2. The Bertz CT molecular complexity index is 740. The Morgan fingerprint density at radius 3 is 2.35 bits per heavy atom. The molecule has 0 spiro atoms. The van der Waals surface area contributed by atoms with Crippen LogP contribution in [0.5, 0.6) is 0 Å². The van der Waals surface area contributed by atoms with E-state index in [9.17, 15) is 4.79 Å². The normalized spacial score (nSPS) is 11.0. The number of rotatable bonds is 9. The third-order valence-electron chi connectivity index (χ3n) is 4.62. The Morgan fingerprint density at radius 1 is 1.12 bits per heavy atom. The second-order valence-electron chi connectivity index (χ2n) is 6.30. The zero-order valence-electron chi connectivity index (χ0n) is 16.0. The first kappa shape index (κ1) is 19.8. The van der Waals surface area contributed by atoms with Crippen molar-refractivity contribution < 1.29 is 9.90 Å². The minimum Gasteiger partial charge on any atom is -0.478 e. The molecule has 0 atom stereocenters. The van der Waals surface area contributed by atoms with E-state index in [1.165, 1.54) is 0 Å². The number of carboxylic acids is 1. The fraction of sp³-hybridized carbons (Fsp3) is 0.450. The number of nitrogens with zero attached hydrogens (tertiary/aromatic N) is 3. The Hall–Kier alpha value is -2.47. The van der Waals surface area contributed by atoms with Crippen LogP contribution in [-0.4, -0.2) is 52.1 Å². The lowest BCUT2D eigenvalue weighted by Gasteiger charge is -2.18. The Balaban J connectivity index is 2.12. The first-order chi connectivity index (χ1) is 12.5. The molecule has 26 heavy (non-hydrogen) atoms. The third kappa shape index (κ3) is 5.02.